The molecule has 0 aromatic rings. The van der Waals surface area contributed by atoms with E-state index in [1.807, 2.05) is 6.92 Å². The Bertz CT molecular complexity index is 215. The van der Waals surface area contributed by atoms with Crippen LogP contribution < -0.4 is 0 Å². The first kappa shape index (κ1) is 26.6. The van der Waals surface area contributed by atoms with E-state index < -0.39 is 11.9 Å². The summed E-state index contributed by atoms with van der Waals surface area (Å²) in [6.07, 6.45) is 4.63. The fraction of sp³-hybridized carbons (Fsp3) is 0.818. The van der Waals surface area contributed by atoms with Gasteiger partial charge >= 0.3 is 11.9 Å². The molecule has 1 atom stereocenters. The molecule has 18 heavy (non-hydrogen) atoms. The molecule has 0 aliphatic carbocycles. The third-order valence-electron chi connectivity index (χ3n) is 2.45. The maximum atomic E-state index is 10.8. The predicted octanol–water partition coefficient (Wildman–Crippen LogP) is 3.36. The number of unbranched alkanes of at least 4 members (excludes halogenated alkanes) is 2. The van der Waals surface area contributed by atoms with Crippen molar-refractivity contribution in [3.8, 4) is 0 Å². The first-order chi connectivity index (χ1) is 7.07. The van der Waals surface area contributed by atoms with Crippen LogP contribution >= 0.6 is 24.8 Å². The normalized spacial score (nSPS) is 10.3. The first-order valence-corrected chi connectivity index (χ1v) is 5.52. The summed E-state index contributed by atoms with van der Waals surface area (Å²) in [4.78, 5) is 21.1. The third-order valence-corrected chi connectivity index (χ3v) is 2.45. The Hall–Kier alpha value is 0.0395. The number of aliphatic carboxylic acids is 2. The van der Waals surface area contributed by atoms with Crippen molar-refractivity contribution < 1.29 is 36.9 Å². The van der Waals surface area contributed by atoms with E-state index in [2.05, 4.69) is 0 Å². The Morgan fingerprint density at radius 3 is 1.89 bits per heavy atom. The van der Waals surface area contributed by atoms with Crippen molar-refractivity contribution in [3.63, 3.8) is 0 Å². The van der Waals surface area contributed by atoms with Gasteiger partial charge in [0.15, 0.2) is 0 Å². The van der Waals surface area contributed by atoms with Gasteiger partial charge in [0, 0.05) is 23.5 Å². The van der Waals surface area contributed by atoms with E-state index in [0.29, 0.717) is 25.7 Å². The fourth-order valence-electron chi connectivity index (χ4n) is 1.51. The average molecular weight is 345 g/mol. The van der Waals surface area contributed by atoms with Gasteiger partial charge < -0.3 is 10.2 Å². The van der Waals surface area contributed by atoms with Crippen LogP contribution in [0.2, 0.25) is 0 Å². The summed E-state index contributed by atoms with van der Waals surface area (Å²) < 4.78 is 0. The summed E-state index contributed by atoms with van der Waals surface area (Å²) in [5.41, 5.74) is 0. The number of carboxylic acid groups (broad SMARTS) is 2. The van der Waals surface area contributed by atoms with E-state index >= 15 is 0 Å². The van der Waals surface area contributed by atoms with Crippen LogP contribution in [-0.4, -0.2) is 22.2 Å². The van der Waals surface area contributed by atoms with Crippen molar-refractivity contribution in [2.75, 3.05) is 0 Å². The van der Waals surface area contributed by atoms with Crippen molar-refractivity contribution in [1.82, 2.24) is 0 Å². The number of carboxylic acids is 2. The number of halogens is 2. The molecule has 0 spiro atoms. The average Bonchev–Trinajstić information content (AvgIpc) is 2.15. The van der Waals surface area contributed by atoms with Crippen molar-refractivity contribution in [3.05, 3.63) is 0 Å². The minimum Gasteiger partial charge on any atom is -0.481 e. The molecule has 0 amide bonds. The minimum atomic E-state index is -0.810. The fourth-order valence-corrected chi connectivity index (χ4v) is 1.51. The molecule has 1 unspecified atom stereocenters. The molecule has 0 saturated heterocycles. The smallest absolute Gasteiger partial charge is 0.306 e. The van der Waals surface area contributed by atoms with Gasteiger partial charge in [-0.1, -0.05) is 26.2 Å². The summed E-state index contributed by atoms with van der Waals surface area (Å²) in [6.45, 7) is 2.03. The van der Waals surface area contributed by atoms with Crippen molar-refractivity contribution in [2.24, 2.45) is 5.92 Å². The first-order valence-electron chi connectivity index (χ1n) is 5.52. The van der Waals surface area contributed by atoms with E-state index in [4.69, 9.17) is 10.2 Å². The number of hydrogen-bond acceptors (Lipinski definition) is 2. The molecule has 0 bridgehead atoms. The van der Waals surface area contributed by atoms with Gasteiger partial charge in [-0.25, -0.2) is 0 Å². The maximum absolute atomic E-state index is 10.8. The van der Waals surface area contributed by atoms with Crippen molar-refractivity contribution in [1.29, 1.82) is 0 Å². The Balaban J connectivity index is -0.000000327. The standard InChI is InChI=1S/C11H20O4.2ClH.Fe/c1-2-3-6-9(11(14)15)7-4-5-8-10(12)13;;;/h9H,2-8H2,1H3,(H,12,13)(H,14,15);2*1H;. The summed E-state index contributed by atoms with van der Waals surface area (Å²) >= 11 is 0. The zero-order valence-corrected chi connectivity index (χ0v) is 13.1. The van der Waals surface area contributed by atoms with Gasteiger partial charge in [0.2, 0.25) is 0 Å². The molecule has 0 saturated carbocycles. The third kappa shape index (κ3) is 16.0. The second-order valence-electron chi connectivity index (χ2n) is 3.82. The van der Waals surface area contributed by atoms with E-state index in [-0.39, 0.29) is 54.2 Å². The van der Waals surface area contributed by atoms with Crippen LogP contribution in [0.15, 0.2) is 0 Å². The van der Waals surface area contributed by atoms with Crippen LogP contribution in [0, 0.1) is 5.92 Å². The molecule has 112 valence electrons. The Labute approximate surface area is 131 Å². The second-order valence-corrected chi connectivity index (χ2v) is 3.82. The zero-order valence-electron chi connectivity index (χ0n) is 10.4. The van der Waals surface area contributed by atoms with Gasteiger partial charge in [-0.05, 0) is 19.3 Å². The second kappa shape index (κ2) is 17.0. The van der Waals surface area contributed by atoms with Crippen molar-refractivity contribution in [2.45, 2.75) is 51.9 Å². The summed E-state index contributed by atoms with van der Waals surface area (Å²) in [5.74, 6) is -1.85. The molecule has 0 heterocycles. The van der Waals surface area contributed by atoms with Gasteiger partial charge in [-0.2, -0.15) is 0 Å². The van der Waals surface area contributed by atoms with Gasteiger partial charge in [0.25, 0.3) is 0 Å². The Morgan fingerprint density at radius 2 is 1.50 bits per heavy atom. The molecular weight excluding hydrogens is 323 g/mol. The molecule has 0 aliphatic heterocycles. The molecule has 7 heteroatoms. The van der Waals surface area contributed by atoms with Crippen molar-refractivity contribution >= 4 is 36.8 Å². The number of hydrogen-bond donors (Lipinski definition) is 2. The Morgan fingerprint density at radius 1 is 1.00 bits per heavy atom. The van der Waals surface area contributed by atoms with E-state index in [9.17, 15) is 9.59 Å². The van der Waals surface area contributed by atoms with E-state index in [1.165, 1.54) is 0 Å². The number of rotatable bonds is 9. The molecular formula is C11H22Cl2FeO4. The summed E-state index contributed by atoms with van der Waals surface area (Å²) in [5, 5.41) is 17.3. The SMILES string of the molecule is CCCCC(CCCCC(=O)O)C(=O)O.Cl.Cl.[Fe]. The molecule has 0 aliphatic rings. The van der Waals surface area contributed by atoms with Gasteiger partial charge in [-0.3, -0.25) is 9.59 Å². The minimum absolute atomic E-state index is 0. The maximum Gasteiger partial charge on any atom is 0.306 e. The molecule has 0 radical (unpaired) electrons. The van der Waals surface area contributed by atoms with Crippen LogP contribution in [0.3, 0.4) is 0 Å². The summed E-state index contributed by atoms with van der Waals surface area (Å²) in [6, 6.07) is 0. The van der Waals surface area contributed by atoms with E-state index in [0.717, 1.165) is 12.8 Å². The van der Waals surface area contributed by atoms with Crippen LogP contribution in [0.25, 0.3) is 0 Å². The topological polar surface area (TPSA) is 74.6 Å². The Kier molecular flexibility index (Phi) is 25.2. The van der Waals surface area contributed by atoms with Crippen LogP contribution in [-0.2, 0) is 26.7 Å². The summed E-state index contributed by atoms with van der Waals surface area (Å²) in [7, 11) is 0. The van der Waals surface area contributed by atoms with Crippen LogP contribution in [0.1, 0.15) is 51.9 Å². The van der Waals surface area contributed by atoms with E-state index in [1.54, 1.807) is 0 Å². The zero-order chi connectivity index (χ0) is 11.7. The number of carbonyl (C=O) groups is 2. The predicted molar refractivity (Wildman–Crippen MR) is 71.3 cm³/mol. The largest absolute Gasteiger partial charge is 0.481 e. The van der Waals surface area contributed by atoms with Gasteiger partial charge in [-0.15, -0.1) is 24.8 Å². The molecule has 2 N–H and O–H groups in total. The molecule has 4 nitrogen and oxygen atoms in total. The molecule has 0 aromatic carbocycles. The van der Waals surface area contributed by atoms with Crippen LogP contribution in [0.5, 0.6) is 0 Å². The van der Waals surface area contributed by atoms with Gasteiger partial charge in [0.05, 0.1) is 5.92 Å². The van der Waals surface area contributed by atoms with Gasteiger partial charge in [0.1, 0.15) is 0 Å². The molecule has 0 rings (SSSR count). The quantitative estimate of drug-likeness (QED) is 0.496. The molecule has 0 fully saturated rings. The monoisotopic (exact) mass is 344 g/mol. The van der Waals surface area contributed by atoms with Crippen LogP contribution in [0.4, 0.5) is 0 Å². The molecule has 0 aromatic heterocycles.